The second-order valence-corrected chi connectivity index (χ2v) is 8.59. The van der Waals surface area contributed by atoms with Crippen molar-refractivity contribution in [1.82, 2.24) is 19.3 Å². The highest BCUT2D eigenvalue weighted by molar-refractivity contribution is 7.07. The molecule has 0 spiro atoms. The summed E-state index contributed by atoms with van der Waals surface area (Å²) in [6, 6.07) is 22.5. The standard InChI is InChI=1S/C27H15FN6OS/c28-22-10-4-5-11-23(22)34-26(35)24(36-27(34)20(14-29)15-30)13-19-17-33(21-8-2-1-3-9-21)32-25(19)18-7-6-12-31-16-18/h1-13,16-17H/b24-13-. The fourth-order valence-electron chi connectivity index (χ4n) is 3.70. The molecule has 0 fully saturated rings. The number of para-hydroxylation sites is 2. The van der Waals surface area contributed by atoms with Gasteiger partial charge in [-0.3, -0.25) is 14.3 Å². The van der Waals surface area contributed by atoms with Crippen LogP contribution in [0.1, 0.15) is 5.56 Å². The number of benzene rings is 2. The molecule has 3 aromatic heterocycles. The fraction of sp³-hybridized carbons (Fsp3) is 0. The summed E-state index contributed by atoms with van der Waals surface area (Å²) in [7, 11) is 0. The van der Waals surface area contributed by atoms with Crippen LogP contribution in [0.3, 0.4) is 0 Å². The molecular weight excluding hydrogens is 475 g/mol. The fourth-order valence-corrected chi connectivity index (χ4v) is 4.74. The zero-order valence-corrected chi connectivity index (χ0v) is 19.4. The Balaban J connectivity index is 1.82. The quantitative estimate of drug-likeness (QED) is 0.385. The maximum Gasteiger partial charge on any atom is 0.273 e. The van der Waals surface area contributed by atoms with Crippen LogP contribution in [-0.4, -0.2) is 19.3 Å². The maximum atomic E-state index is 14.7. The molecule has 5 aromatic rings. The third-order valence-electron chi connectivity index (χ3n) is 5.34. The molecule has 0 radical (unpaired) electrons. The molecule has 0 saturated heterocycles. The first-order valence-electron chi connectivity index (χ1n) is 10.7. The van der Waals surface area contributed by atoms with E-state index in [4.69, 9.17) is 5.10 Å². The van der Waals surface area contributed by atoms with Gasteiger partial charge < -0.3 is 0 Å². The van der Waals surface area contributed by atoms with Crippen LogP contribution in [0.5, 0.6) is 0 Å². The lowest BCUT2D eigenvalue weighted by Gasteiger charge is -2.03. The van der Waals surface area contributed by atoms with Crippen LogP contribution in [0.4, 0.5) is 4.39 Å². The van der Waals surface area contributed by atoms with E-state index < -0.39 is 11.4 Å². The molecule has 36 heavy (non-hydrogen) atoms. The third-order valence-corrected chi connectivity index (χ3v) is 6.43. The van der Waals surface area contributed by atoms with Gasteiger partial charge in [-0.05, 0) is 42.5 Å². The normalized spacial score (nSPS) is 11.1. The molecule has 0 aliphatic carbocycles. The van der Waals surface area contributed by atoms with Crippen molar-refractivity contribution >= 4 is 23.0 Å². The Morgan fingerprint density at radius 3 is 2.44 bits per heavy atom. The Bertz CT molecular complexity index is 1820. The number of nitriles is 2. The summed E-state index contributed by atoms with van der Waals surface area (Å²) in [5.41, 5.74) is 1.90. The van der Waals surface area contributed by atoms with Gasteiger partial charge in [-0.15, -0.1) is 11.3 Å². The van der Waals surface area contributed by atoms with Gasteiger partial charge in [0.05, 0.1) is 15.9 Å². The lowest BCUT2D eigenvalue weighted by molar-refractivity contribution is 0.616. The topological polar surface area (TPSA) is 100 Å². The molecule has 9 heteroatoms. The first-order chi connectivity index (χ1) is 17.6. The van der Waals surface area contributed by atoms with E-state index in [0.717, 1.165) is 27.2 Å². The van der Waals surface area contributed by atoms with Gasteiger partial charge in [0.25, 0.3) is 5.56 Å². The van der Waals surface area contributed by atoms with Crippen molar-refractivity contribution in [1.29, 1.82) is 10.5 Å². The van der Waals surface area contributed by atoms with Gasteiger partial charge in [0.1, 0.15) is 28.3 Å². The highest BCUT2D eigenvalue weighted by Crippen LogP contribution is 2.23. The Hall–Kier alpha value is -5.12. The van der Waals surface area contributed by atoms with Crippen LogP contribution in [-0.2, 0) is 0 Å². The molecule has 2 aromatic carbocycles. The minimum absolute atomic E-state index is 0.0381. The monoisotopic (exact) mass is 490 g/mol. The average Bonchev–Trinajstić information content (AvgIpc) is 3.48. The van der Waals surface area contributed by atoms with E-state index in [9.17, 15) is 19.7 Å². The van der Waals surface area contributed by atoms with E-state index in [2.05, 4.69) is 4.98 Å². The summed E-state index contributed by atoms with van der Waals surface area (Å²) in [6.45, 7) is 0. The molecule has 0 aliphatic heterocycles. The highest BCUT2D eigenvalue weighted by Gasteiger charge is 2.16. The highest BCUT2D eigenvalue weighted by atomic mass is 32.1. The number of hydrogen-bond acceptors (Lipinski definition) is 6. The largest absolute Gasteiger partial charge is 0.273 e. The summed E-state index contributed by atoms with van der Waals surface area (Å²) < 4.78 is 17.7. The Morgan fingerprint density at radius 2 is 1.75 bits per heavy atom. The molecule has 0 saturated carbocycles. The molecule has 3 heterocycles. The van der Waals surface area contributed by atoms with E-state index in [-0.39, 0.29) is 20.5 Å². The molecular formula is C27H15FN6OS. The number of rotatable bonds is 4. The van der Waals surface area contributed by atoms with Crippen LogP contribution in [0.15, 0.2) is 90.1 Å². The molecule has 0 amide bonds. The van der Waals surface area contributed by atoms with Gasteiger partial charge in [-0.25, -0.2) is 9.07 Å². The summed E-state index contributed by atoms with van der Waals surface area (Å²) in [6.07, 6.45) is 6.74. The Labute approximate surface area is 208 Å². The molecule has 0 unspecified atom stereocenters. The molecule has 7 nitrogen and oxygen atoms in total. The van der Waals surface area contributed by atoms with Crippen molar-refractivity contribution in [2.75, 3.05) is 0 Å². The van der Waals surface area contributed by atoms with Crippen molar-refractivity contribution in [2.24, 2.45) is 0 Å². The van der Waals surface area contributed by atoms with Gasteiger partial charge in [0.2, 0.25) is 0 Å². The molecule has 5 rings (SSSR count). The number of pyridine rings is 1. The lowest BCUT2D eigenvalue weighted by atomic mass is 10.1. The van der Waals surface area contributed by atoms with Crippen LogP contribution in [0.25, 0.3) is 34.3 Å². The van der Waals surface area contributed by atoms with Crippen molar-refractivity contribution in [3.05, 3.63) is 116 Å². The number of aromatic nitrogens is 4. The second-order valence-electron chi connectivity index (χ2n) is 7.56. The predicted molar refractivity (Wildman–Crippen MR) is 134 cm³/mol. The van der Waals surface area contributed by atoms with Crippen molar-refractivity contribution < 1.29 is 4.39 Å². The number of hydrogen-bond donors (Lipinski definition) is 0. The van der Waals surface area contributed by atoms with Crippen molar-refractivity contribution in [3.63, 3.8) is 0 Å². The number of halogens is 1. The van der Waals surface area contributed by atoms with E-state index >= 15 is 0 Å². The zero-order chi connectivity index (χ0) is 25.1. The van der Waals surface area contributed by atoms with E-state index in [1.807, 2.05) is 48.5 Å². The number of nitrogens with zero attached hydrogens (tertiary/aromatic N) is 6. The maximum absolute atomic E-state index is 14.7. The van der Waals surface area contributed by atoms with Gasteiger partial charge >= 0.3 is 0 Å². The first-order valence-corrected chi connectivity index (χ1v) is 11.5. The van der Waals surface area contributed by atoms with E-state index in [1.165, 1.54) is 18.2 Å². The summed E-state index contributed by atoms with van der Waals surface area (Å²) in [4.78, 5) is 17.7. The molecule has 0 N–H and O–H groups in total. The van der Waals surface area contributed by atoms with Crippen LogP contribution in [0.2, 0.25) is 0 Å². The average molecular weight is 491 g/mol. The van der Waals surface area contributed by atoms with Crippen LogP contribution >= 0.6 is 11.3 Å². The van der Waals surface area contributed by atoms with Crippen molar-refractivity contribution in [2.45, 2.75) is 0 Å². The van der Waals surface area contributed by atoms with Gasteiger partial charge in [-0.2, -0.15) is 15.6 Å². The summed E-state index contributed by atoms with van der Waals surface area (Å²) in [5, 5.41) is 23.7. The molecule has 0 aliphatic rings. The Kier molecular flexibility index (Phi) is 6.06. The predicted octanol–water partition coefficient (Wildman–Crippen LogP) is 3.31. The number of thiazole rings is 1. The molecule has 0 bridgehead atoms. The van der Waals surface area contributed by atoms with Gasteiger partial charge in [0, 0.05) is 29.7 Å². The van der Waals surface area contributed by atoms with Crippen molar-refractivity contribution in [3.8, 4) is 34.8 Å². The Morgan fingerprint density at radius 1 is 1.00 bits per heavy atom. The molecule has 0 atom stereocenters. The summed E-state index contributed by atoms with van der Waals surface area (Å²) >= 11 is 0.944. The second kappa shape index (κ2) is 9.63. The van der Waals surface area contributed by atoms with Crippen LogP contribution < -0.4 is 14.8 Å². The molecule has 172 valence electrons. The summed E-state index contributed by atoms with van der Waals surface area (Å²) in [5.74, 6) is -0.645. The smallest absolute Gasteiger partial charge is 0.267 e. The van der Waals surface area contributed by atoms with Crippen LogP contribution in [0, 0.1) is 28.5 Å². The third kappa shape index (κ3) is 4.11. The SMILES string of the molecule is N#CC(C#N)=c1s/c(=C\c2cn(-c3ccccc3)nc2-c2cccnc2)c(=O)n1-c1ccccc1F. The van der Waals surface area contributed by atoms with E-state index in [1.54, 1.807) is 41.5 Å². The van der Waals surface area contributed by atoms with Gasteiger partial charge in [0.15, 0.2) is 5.57 Å². The minimum Gasteiger partial charge on any atom is -0.267 e. The zero-order valence-electron chi connectivity index (χ0n) is 18.5. The first kappa shape index (κ1) is 22.7. The van der Waals surface area contributed by atoms with Gasteiger partial charge in [-0.1, -0.05) is 30.3 Å². The van der Waals surface area contributed by atoms with E-state index in [0.29, 0.717) is 11.3 Å². The lowest BCUT2D eigenvalue weighted by Crippen LogP contribution is -2.31. The minimum atomic E-state index is -0.645.